The minimum Gasteiger partial charge on any atom is -0.399 e. The average Bonchev–Trinajstić information content (AvgIpc) is 2.82. The van der Waals surface area contributed by atoms with E-state index in [1.165, 1.54) is 0 Å². The summed E-state index contributed by atoms with van der Waals surface area (Å²) in [5.74, 6) is 0.816. The van der Waals surface area contributed by atoms with Crippen LogP contribution in [0.15, 0.2) is 46.4 Å². The zero-order chi connectivity index (χ0) is 15.7. The third kappa shape index (κ3) is 2.15. The monoisotopic (exact) mass is 286 g/mol. The van der Waals surface area contributed by atoms with Gasteiger partial charge in [0.2, 0.25) is 0 Å². The lowest BCUT2D eigenvalue weighted by molar-refractivity contribution is 1.40. The van der Waals surface area contributed by atoms with Gasteiger partial charge in [-0.05, 0) is 36.4 Å². The van der Waals surface area contributed by atoms with Crippen LogP contribution in [0.2, 0.25) is 0 Å². The van der Waals surface area contributed by atoms with Gasteiger partial charge in [0.05, 0.1) is 16.8 Å². The maximum Gasteiger partial charge on any atom is 0.162 e. The first-order chi connectivity index (χ1) is 10.6. The molecule has 22 heavy (non-hydrogen) atoms. The summed E-state index contributed by atoms with van der Waals surface area (Å²) in [5.41, 5.74) is 14.9. The van der Waals surface area contributed by atoms with E-state index in [1.807, 2.05) is 12.1 Å². The lowest BCUT2D eigenvalue weighted by Gasteiger charge is -2.02. The van der Waals surface area contributed by atoms with Gasteiger partial charge in [0, 0.05) is 16.8 Å². The van der Waals surface area contributed by atoms with Crippen LogP contribution in [0.4, 0.5) is 11.4 Å². The van der Waals surface area contributed by atoms with Gasteiger partial charge in [-0.3, -0.25) is 0 Å². The minimum absolute atomic E-state index is 0.270. The van der Waals surface area contributed by atoms with Gasteiger partial charge in [0.25, 0.3) is 0 Å². The number of hydrogen-bond donors (Lipinski definition) is 2. The molecule has 0 radical (unpaired) electrons. The van der Waals surface area contributed by atoms with Crippen molar-refractivity contribution in [3.63, 3.8) is 0 Å². The Morgan fingerprint density at radius 2 is 1.68 bits per heavy atom. The zero-order valence-electron chi connectivity index (χ0n) is 11.4. The first kappa shape index (κ1) is 13.3. The van der Waals surface area contributed by atoms with E-state index in [-0.39, 0.29) is 5.56 Å². The Bertz CT molecular complexity index is 925. The molecule has 104 valence electrons. The van der Waals surface area contributed by atoms with Crippen LogP contribution in [0.1, 0.15) is 22.3 Å². The van der Waals surface area contributed by atoms with Crippen molar-refractivity contribution < 1.29 is 0 Å². The SMILES string of the molecule is N#Cc1ccc(N=C2N=C(N)c3ccc(N)cc32)cc1C#N. The van der Waals surface area contributed by atoms with Gasteiger partial charge >= 0.3 is 0 Å². The molecule has 0 amide bonds. The molecule has 0 saturated heterocycles. The van der Waals surface area contributed by atoms with Gasteiger partial charge in [0.1, 0.15) is 18.0 Å². The van der Waals surface area contributed by atoms with E-state index in [9.17, 15) is 0 Å². The van der Waals surface area contributed by atoms with Gasteiger partial charge in [0.15, 0.2) is 5.84 Å². The quantitative estimate of drug-likeness (QED) is 0.775. The van der Waals surface area contributed by atoms with E-state index >= 15 is 0 Å². The third-order valence-electron chi connectivity index (χ3n) is 3.27. The molecule has 0 aliphatic carbocycles. The molecule has 3 rings (SSSR count). The molecular weight excluding hydrogens is 276 g/mol. The van der Waals surface area contributed by atoms with Crippen LogP contribution in [-0.4, -0.2) is 11.7 Å². The van der Waals surface area contributed by atoms with Crippen molar-refractivity contribution in [3.8, 4) is 12.1 Å². The van der Waals surface area contributed by atoms with Crippen molar-refractivity contribution in [1.29, 1.82) is 10.5 Å². The van der Waals surface area contributed by atoms with Gasteiger partial charge in [-0.1, -0.05) is 0 Å². The van der Waals surface area contributed by atoms with Crippen molar-refractivity contribution in [2.24, 2.45) is 15.7 Å². The van der Waals surface area contributed by atoms with Crippen molar-refractivity contribution in [2.45, 2.75) is 0 Å². The number of nitrogen functional groups attached to an aromatic ring is 1. The standard InChI is InChI=1S/C16H10N6/c17-7-9-1-3-12(5-10(9)8-18)21-16-14-6-11(19)2-4-13(14)15(20)22-16/h1-6H,19H2,(H2,20,21,22). The summed E-state index contributed by atoms with van der Waals surface area (Å²) in [6.07, 6.45) is 0. The van der Waals surface area contributed by atoms with Crippen LogP contribution in [0.3, 0.4) is 0 Å². The number of nitrogens with zero attached hydrogens (tertiary/aromatic N) is 4. The third-order valence-corrected chi connectivity index (χ3v) is 3.27. The molecule has 2 aromatic carbocycles. The van der Waals surface area contributed by atoms with Crippen LogP contribution >= 0.6 is 0 Å². The normalized spacial score (nSPS) is 14.1. The second-order valence-corrected chi connectivity index (χ2v) is 4.69. The van der Waals surface area contributed by atoms with E-state index in [2.05, 4.69) is 9.98 Å². The molecule has 1 aliphatic rings. The van der Waals surface area contributed by atoms with Crippen LogP contribution in [0.25, 0.3) is 0 Å². The number of fused-ring (bicyclic) bond motifs is 1. The Morgan fingerprint density at radius 1 is 0.909 bits per heavy atom. The molecule has 0 aromatic heterocycles. The van der Waals surface area contributed by atoms with Crippen molar-refractivity contribution in [2.75, 3.05) is 5.73 Å². The number of amidine groups is 2. The number of rotatable bonds is 1. The fraction of sp³-hybridized carbons (Fsp3) is 0. The molecule has 2 aromatic rings. The predicted octanol–water partition coefficient (Wildman–Crippen LogP) is 1.81. The summed E-state index contributed by atoms with van der Waals surface area (Å²) in [7, 11) is 0. The summed E-state index contributed by atoms with van der Waals surface area (Å²) < 4.78 is 0. The molecule has 1 heterocycles. The Labute approximate surface area is 126 Å². The molecular formula is C16H10N6. The van der Waals surface area contributed by atoms with Gasteiger partial charge < -0.3 is 11.5 Å². The average molecular weight is 286 g/mol. The molecule has 0 atom stereocenters. The van der Waals surface area contributed by atoms with Crippen molar-refractivity contribution in [1.82, 2.24) is 0 Å². The van der Waals surface area contributed by atoms with Gasteiger partial charge in [-0.2, -0.15) is 10.5 Å². The van der Waals surface area contributed by atoms with Crippen LogP contribution in [0, 0.1) is 22.7 Å². The summed E-state index contributed by atoms with van der Waals surface area (Å²) >= 11 is 0. The molecule has 0 fully saturated rings. The minimum atomic E-state index is 0.270. The molecule has 0 spiro atoms. The molecule has 6 nitrogen and oxygen atoms in total. The second kappa shape index (κ2) is 5.04. The fourth-order valence-electron chi connectivity index (χ4n) is 2.20. The van der Waals surface area contributed by atoms with E-state index < -0.39 is 0 Å². The van der Waals surface area contributed by atoms with E-state index in [0.717, 1.165) is 11.1 Å². The topological polar surface area (TPSA) is 124 Å². The number of anilines is 1. The molecule has 0 unspecified atom stereocenters. The smallest absolute Gasteiger partial charge is 0.162 e. The molecule has 6 heteroatoms. The summed E-state index contributed by atoms with van der Waals surface area (Å²) in [6.45, 7) is 0. The predicted molar refractivity (Wildman–Crippen MR) is 83.6 cm³/mol. The van der Waals surface area contributed by atoms with Crippen LogP contribution < -0.4 is 11.5 Å². The van der Waals surface area contributed by atoms with Crippen molar-refractivity contribution in [3.05, 3.63) is 58.7 Å². The summed E-state index contributed by atoms with van der Waals surface area (Å²) in [4.78, 5) is 8.64. The Hall–Kier alpha value is -3.64. The zero-order valence-corrected chi connectivity index (χ0v) is 11.4. The maximum absolute atomic E-state index is 9.06. The van der Waals surface area contributed by atoms with Gasteiger partial charge in [-0.15, -0.1) is 0 Å². The molecule has 4 N–H and O–H groups in total. The van der Waals surface area contributed by atoms with Crippen LogP contribution in [-0.2, 0) is 0 Å². The fourth-order valence-corrected chi connectivity index (χ4v) is 2.20. The lowest BCUT2D eigenvalue weighted by atomic mass is 10.1. The number of aliphatic imine (C=N–C) groups is 2. The highest BCUT2D eigenvalue weighted by molar-refractivity contribution is 6.22. The Balaban J connectivity index is 2.11. The highest BCUT2D eigenvalue weighted by Crippen LogP contribution is 2.24. The van der Waals surface area contributed by atoms with E-state index in [0.29, 0.717) is 28.6 Å². The number of hydrogen-bond acceptors (Lipinski definition) is 5. The number of benzene rings is 2. The highest BCUT2D eigenvalue weighted by Gasteiger charge is 2.19. The Morgan fingerprint density at radius 3 is 2.41 bits per heavy atom. The van der Waals surface area contributed by atoms with Crippen molar-refractivity contribution >= 4 is 23.0 Å². The molecule has 0 saturated carbocycles. The highest BCUT2D eigenvalue weighted by atomic mass is 15.0. The largest absolute Gasteiger partial charge is 0.399 e. The lowest BCUT2D eigenvalue weighted by Crippen LogP contribution is -2.10. The Kier molecular flexibility index (Phi) is 3.06. The number of nitriles is 2. The molecule has 1 aliphatic heterocycles. The second-order valence-electron chi connectivity index (χ2n) is 4.69. The summed E-state index contributed by atoms with van der Waals surface area (Å²) in [6, 6.07) is 14.0. The molecule has 0 bridgehead atoms. The number of nitrogens with two attached hydrogens (primary N) is 2. The van der Waals surface area contributed by atoms with E-state index in [4.69, 9.17) is 22.0 Å². The first-order valence-electron chi connectivity index (χ1n) is 6.40. The van der Waals surface area contributed by atoms with E-state index in [1.54, 1.807) is 36.4 Å². The summed E-state index contributed by atoms with van der Waals surface area (Å²) in [5, 5.41) is 18.0. The maximum atomic E-state index is 9.06. The van der Waals surface area contributed by atoms with Crippen LogP contribution in [0.5, 0.6) is 0 Å². The first-order valence-corrected chi connectivity index (χ1v) is 6.40. The van der Waals surface area contributed by atoms with Gasteiger partial charge in [-0.25, -0.2) is 9.98 Å².